The Morgan fingerprint density at radius 1 is 1.53 bits per heavy atom. The van der Waals surface area contributed by atoms with Crippen molar-refractivity contribution >= 4 is 5.91 Å². The van der Waals surface area contributed by atoms with Crippen molar-refractivity contribution in [2.24, 2.45) is 0 Å². The normalized spacial score (nSPS) is 19.3. The van der Waals surface area contributed by atoms with Gasteiger partial charge in [-0.3, -0.25) is 4.79 Å². The maximum Gasteiger partial charge on any atom is 0.222 e. The van der Waals surface area contributed by atoms with E-state index in [1.807, 2.05) is 4.90 Å². The summed E-state index contributed by atoms with van der Waals surface area (Å²) in [6.07, 6.45) is 2.90. The molecule has 1 amide bonds. The molecule has 1 atom stereocenters. The number of ether oxygens (including phenoxy) is 1. The maximum absolute atomic E-state index is 11.6. The molecule has 0 radical (unpaired) electrons. The first-order valence-corrected chi connectivity index (χ1v) is 5.78. The predicted molar refractivity (Wildman–Crippen MR) is 59.8 cm³/mol. The highest BCUT2D eigenvalue weighted by molar-refractivity contribution is 5.76. The fourth-order valence-electron chi connectivity index (χ4n) is 1.99. The summed E-state index contributed by atoms with van der Waals surface area (Å²) in [5.74, 6) is 0.292. The van der Waals surface area contributed by atoms with E-state index in [2.05, 4.69) is 12.2 Å². The van der Waals surface area contributed by atoms with Gasteiger partial charge in [-0.2, -0.15) is 0 Å². The molecule has 0 bridgehead atoms. The smallest absolute Gasteiger partial charge is 0.222 e. The van der Waals surface area contributed by atoms with Gasteiger partial charge >= 0.3 is 0 Å². The third-order valence-corrected chi connectivity index (χ3v) is 2.72. The topological polar surface area (TPSA) is 41.6 Å². The van der Waals surface area contributed by atoms with E-state index in [0.29, 0.717) is 18.9 Å². The van der Waals surface area contributed by atoms with E-state index in [1.165, 1.54) is 0 Å². The first kappa shape index (κ1) is 12.5. The van der Waals surface area contributed by atoms with E-state index in [4.69, 9.17) is 4.74 Å². The first-order chi connectivity index (χ1) is 7.27. The van der Waals surface area contributed by atoms with Crippen LogP contribution in [0.3, 0.4) is 0 Å². The van der Waals surface area contributed by atoms with Gasteiger partial charge in [0.25, 0.3) is 0 Å². The van der Waals surface area contributed by atoms with Crippen molar-refractivity contribution in [2.75, 3.05) is 33.4 Å². The number of hydrogen-bond acceptors (Lipinski definition) is 3. The zero-order chi connectivity index (χ0) is 11.1. The van der Waals surface area contributed by atoms with Crippen LogP contribution in [0.1, 0.15) is 26.2 Å². The van der Waals surface area contributed by atoms with Crippen LogP contribution in [0.5, 0.6) is 0 Å². The number of rotatable bonds is 6. The summed E-state index contributed by atoms with van der Waals surface area (Å²) in [6, 6.07) is 0.266. The first-order valence-electron chi connectivity index (χ1n) is 5.78. The standard InChI is InChI=1S/C11H22N2O2/c1-3-12-10(9-15-2)8-13-7-5-4-6-11(13)14/h10,12H,3-9H2,1-2H3. The van der Waals surface area contributed by atoms with Crippen molar-refractivity contribution in [2.45, 2.75) is 32.2 Å². The molecule has 0 aromatic carbocycles. The highest BCUT2D eigenvalue weighted by Crippen LogP contribution is 2.10. The molecule has 1 aliphatic rings. The van der Waals surface area contributed by atoms with Crippen LogP contribution in [-0.4, -0.2) is 50.2 Å². The molecular weight excluding hydrogens is 192 g/mol. The van der Waals surface area contributed by atoms with E-state index in [0.717, 1.165) is 32.5 Å². The molecule has 1 rings (SSSR count). The monoisotopic (exact) mass is 214 g/mol. The third-order valence-electron chi connectivity index (χ3n) is 2.72. The number of nitrogens with zero attached hydrogens (tertiary/aromatic N) is 1. The van der Waals surface area contributed by atoms with Gasteiger partial charge in [-0.25, -0.2) is 0 Å². The lowest BCUT2D eigenvalue weighted by Gasteiger charge is -2.30. The highest BCUT2D eigenvalue weighted by atomic mass is 16.5. The lowest BCUT2D eigenvalue weighted by molar-refractivity contribution is -0.133. The minimum Gasteiger partial charge on any atom is -0.383 e. The lowest BCUT2D eigenvalue weighted by Crippen LogP contribution is -2.47. The molecule has 4 nitrogen and oxygen atoms in total. The van der Waals surface area contributed by atoms with Crippen LogP contribution in [-0.2, 0) is 9.53 Å². The summed E-state index contributed by atoms with van der Waals surface area (Å²) < 4.78 is 5.13. The van der Waals surface area contributed by atoms with Crippen molar-refractivity contribution in [3.05, 3.63) is 0 Å². The molecule has 0 spiro atoms. The molecule has 0 aliphatic carbocycles. The second-order valence-electron chi connectivity index (χ2n) is 4.01. The van der Waals surface area contributed by atoms with Crippen LogP contribution in [0.15, 0.2) is 0 Å². The molecule has 1 heterocycles. The van der Waals surface area contributed by atoms with Crippen LogP contribution in [0, 0.1) is 0 Å². The Morgan fingerprint density at radius 3 is 2.93 bits per heavy atom. The fraction of sp³-hybridized carbons (Fsp3) is 0.909. The van der Waals surface area contributed by atoms with Crippen LogP contribution >= 0.6 is 0 Å². The lowest BCUT2D eigenvalue weighted by atomic mass is 10.1. The number of methoxy groups -OCH3 is 1. The zero-order valence-corrected chi connectivity index (χ0v) is 9.79. The van der Waals surface area contributed by atoms with Crippen LogP contribution < -0.4 is 5.32 Å². The van der Waals surface area contributed by atoms with E-state index in [-0.39, 0.29) is 6.04 Å². The van der Waals surface area contributed by atoms with Gasteiger partial charge in [-0.15, -0.1) is 0 Å². The van der Waals surface area contributed by atoms with E-state index < -0.39 is 0 Å². The van der Waals surface area contributed by atoms with Gasteiger partial charge in [-0.1, -0.05) is 6.92 Å². The second-order valence-corrected chi connectivity index (χ2v) is 4.01. The second kappa shape index (κ2) is 6.80. The summed E-state index contributed by atoms with van der Waals surface area (Å²) in [5.41, 5.74) is 0. The van der Waals surface area contributed by atoms with E-state index in [1.54, 1.807) is 7.11 Å². The minimum atomic E-state index is 0.266. The third kappa shape index (κ3) is 4.18. The quantitative estimate of drug-likeness (QED) is 0.705. The van der Waals surface area contributed by atoms with Gasteiger partial charge in [0.15, 0.2) is 0 Å². The van der Waals surface area contributed by atoms with Gasteiger partial charge in [0.05, 0.1) is 6.61 Å². The van der Waals surface area contributed by atoms with E-state index >= 15 is 0 Å². The molecule has 88 valence electrons. The Hall–Kier alpha value is -0.610. The largest absolute Gasteiger partial charge is 0.383 e. The molecule has 1 unspecified atom stereocenters. The number of carbonyl (C=O) groups is 1. The molecule has 1 saturated heterocycles. The summed E-state index contributed by atoms with van der Waals surface area (Å²) >= 11 is 0. The maximum atomic E-state index is 11.6. The SMILES string of the molecule is CCNC(COC)CN1CCCCC1=O. The molecule has 1 aliphatic heterocycles. The zero-order valence-electron chi connectivity index (χ0n) is 9.79. The average Bonchev–Trinajstić information content (AvgIpc) is 2.22. The highest BCUT2D eigenvalue weighted by Gasteiger charge is 2.20. The fourth-order valence-corrected chi connectivity index (χ4v) is 1.99. The van der Waals surface area contributed by atoms with Gasteiger partial charge in [-0.05, 0) is 19.4 Å². The van der Waals surface area contributed by atoms with Crippen molar-refractivity contribution in [1.29, 1.82) is 0 Å². The van der Waals surface area contributed by atoms with E-state index in [9.17, 15) is 4.79 Å². The van der Waals surface area contributed by atoms with Crippen molar-refractivity contribution in [3.63, 3.8) is 0 Å². The predicted octanol–water partition coefficient (Wildman–Crippen LogP) is 0.623. The summed E-state index contributed by atoms with van der Waals surface area (Å²) in [5, 5.41) is 3.33. The van der Waals surface area contributed by atoms with Crippen molar-refractivity contribution < 1.29 is 9.53 Å². The molecule has 1 fully saturated rings. The summed E-state index contributed by atoms with van der Waals surface area (Å²) in [6.45, 7) is 5.33. The number of amides is 1. The molecule has 0 aromatic heterocycles. The summed E-state index contributed by atoms with van der Waals surface area (Å²) in [7, 11) is 1.70. The Labute approximate surface area is 92.0 Å². The minimum absolute atomic E-state index is 0.266. The van der Waals surface area contributed by atoms with Gasteiger partial charge < -0.3 is 15.0 Å². The Balaban J connectivity index is 2.37. The molecule has 4 heteroatoms. The Morgan fingerprint density at radius 2 is 2.33 bits per heavy atom. The Kier molecular flexibility index (Phi) is 5.65. The number of likely N-dealkylation sites (tertiary alicyclic amines) is 1. The number of likely N-dealkylation sites (N-methyl/N-ethyl adjacent to an activating group) is 1. The molecular formula is C11H22N2O2. The van der Waals surface area contributed by atoms with Gasteiger partial charge in [0, 0.05) is 32.7 Å². The number of piperidine rings is 1. The Bertz CT molecular complexity index is 191. The van der Waals surface area contributed by atoms with Crippen molar-refractivity contribution in [1.82, 2.24) is 10.2 Å². The van der Waals surface area contributed by atoms with Crippen LogP contribution in [0.2, 0.25) is 0 Å². The van der Waals surface area contributed by atoms with Crippen LogP contribution in [0.4, 0.5) is 0 Å². The molecule has 1 N–H and O–H groups in total. The molecule has 0 aromatic rings. The molecule has 0 saturated carbocycles. The number of carbonyl (C=O) groups excluding carboxylic acids is 1. The molecule has 15 heavy (non-hydrogen) atoms. The average molecular weight is 214 g/mol. The van der Waals surface area contributed by atoms with Gasteiger partial charge in [0.1, 0.15) is 0 Å². The summed E-state index contributed by atoms with van der Waals surface area (Å²) in [4.78, 5) is 13.5. The van der Waals surface area contributed by atoms with Crippen LogP contribution in [0.25, 0.3) is 0 Å². The number of hydrogen-bond donors (Lipinski definition) is 1. The number of nitrogens with one attached hydrogen (secondary N) is 1. The van der Waals surface area contributed by atoms with Gasteiger partial charge in [0.2, 0.25) is 5.91 Å². The van der Waals surface area contributed by atoms with Crippen molar-refractivity contribution in [3.8, 4) is 0 Å².